The second-order valence-corrected chi connectivity index (χ2v) is 8.20. The molecule has 4 rings (SSSR count). The molecule has 0 saturated heterocycles. The molecule has 4 aromatic rings. The molecule has 0 aliphatic rings. The van der Waals surface area contributed by atoms with E-state index in [1.165, 1.54) is 42.6 Å². The van der Waals surface area contributed by atoms with Crippen LogP contribution in [-0.2, 0) is 16.6 Å². The summed E-state index contributed by atoms with van der Waals surface area (Å²) in [6.45, 7) is -0.148. The summed E-state index contributed by atoms with van der Waals surface area (Å²) in [5.74, 6) is -0.649. The van der Waals surface area contributed by atoms with Gasteiger partial charge in [-0.25, -0.2) is 26.9 Å². The van der Waals surface area contributed by atoms with E-state index in [2.05, 4.69) is 9.71 Å². The van der Waals surface area contributed by atoms with Crippen molar-refractivity contribution in [2.24, 2.45) is 0 Å². The lowest BCUT2D eigenvalue weighted by atomic mass is 10.0. The zero-order valence-corrected chi connectivity index (χ0v) is 16.8. The van der Waals surface area contributed by atoms with Crippen LogP contribution in [-0.4, -0.2) is 13.4 Å². The molecular weight excluding hydrogens is 426 g/mol. The Morgan fingerprint density at radius 2 is 1.71 bits per heavy atom. The fourth-order valence-corrected chi connectivity index (χ4v) is 4.13. The van der Waals surface area contributed by atoms with Gasteiger partial charge in [0.1, 0.15) is 24.0 Å². The molecule has 0 amide bonds. The molecule has 0 saturated carbocycles. The summed E-state index contributed by atoms with van der Waals surface area (Å²) in [7, 11) is -4.03. The van der Waals surface area contributed by atoms with Crippen molar-refractivity contribution in [1.29, 1.82) is 0 Å². The molecule has 0 spiro atoms. The lowest BCUT2D eigenvalue weighted by Crippen LogP contribution is -2.15. The number of rotatable bonds is 7. The summed E-state index contributed by atoms with van der Waals surface area (Å²) in [4.78, 5) is 3.63. The number of hydrogen-bond acceptors (Lipinski definition) is 5. The molecule has 1 heterocycles. The number of halogens is 2. The van der Waals surface area contributed by atoms with Crippen LogP contribution in [0.15, 0.2) is 88.6 Å². The molecule has 0 aliphatic heterocycles. The Labute approximate surface area is 177 Å². The largest absolute Gasteiger partial charge is 0.489 e. The van der Waals surface area contributed by atoms with Gasteiger partial charge in [-0.3, -0.25) is 0 Å². The third kappa shape index (κ3) is 4.89. The maximum absolute atomic E-state index is 13.5. The van der Waals surface area contributed by atoms with Crippen molar-refractivity contribution in [3.63, 3.8) is 0 Å². The maximum Gasteiger partial charge on any atom is 0.264 e. The van der Waals surface area contributed by atoms with Gasteiger partial charge >= 0.3 is 0 Å². The molecule has 3 aromatic carbocycles. The van der Waals surface area contributed by atoms with Crippen molar-refractivity contribution in [1.82, 2.24) is 4.98 Å². The quantitative estimate of drug-likeness (QED) is 0.436. The summed E-state index contributed by atoms with van der Waals surface area (Å²) >= 11 is 0. The summed E-state index contributed by atoms with van der Waals surface area (Å²) in [6, 6.07) is 16.0. The number of nitrogens with zero attached hydrogens (tertiary/aromatic N) is 1. The second-order valence-electron chi connectivity index (χ2n) is 6.55. The Kier molecular flexibility index (Phi) is 5.68. The van der Waals surface area contributed by atoms with Gasteiger partial charge in [-0.2, -0.15) is 0 Å². The highest BCUT2D eigenvalue weighted by Gasteiger charge is 2.21. The normalized spacial score (nSPS) is 11.3. The van der Waals surface area contributed by atoms with Crippen LogP contribution in [0.2, 0.25) is 0 Å². The van der Waals surface area contributed by atoms with E-state index in [4.69, 9.17) is 9.15 Å². The molecule has 6 nitrogen and oxygen atoms in total. The van der Waals surface area contributed by atoms with Gasteiger partial charge in [-0.1, -0.05) is 24.3 Å². The van der Waals surface area contributed by atoms with Crippen LogP contribution in [0.5, 0.6) is 5.75 Å². The van der Waals surface area contributed by atoms with Gasteiger partial charge in [0.05, 0.1) is 11.1 Å². The zero-order valence-electron chi connectivity index (χ0n) is 16.0. The molecule has 158 valence electrons. The monoisotopic (exact) mass is 442 g/mol. The number of nitrogens with one attached hydrogen (secondary N) is 1. The van der Waals surface area contributed by atoms with Crippen LogP contribution in [0.3, 0.4) is 0 Å². The minimum atomic E-state index is -4.03. The molecule has 9 heteroatoms. The minimum absolute atomic E-state index is 0.0420. The lowest BCUT2D eigenvalue weighted by molar-refractivity contribution is 0.301. The first-order valence-electron chi connectivity index (χ1n) is 9.09. The Bertz CT molecular complexity index is 1290. The van der Waals surface area contributed by atoms with E-state index < -0.39 is 15.8 Å². The second kappa shape index (κ2) is 8.57. The minimum Gasteiger partial charge on any atom is -0.489 e. The number of aromatic nitrogens is 1. The molecule has 0 fully saturated rings. The molecule has 0 radical (unpaired) electrons. The van der Waals surface area contributed by atoms with Gasteiger partial charge < -0.3 is 9.15 Å². The van der Waals surface area contributed by atoms with Gasteiger partial charge in [0.25, 0.3) is 10.0 Å². The van der Waals surface area contributed by atoms with Crippen molar-refractivity contribution >= 4 is 15.9 Å². The first kappa shape index (κ1) is 20.5. The van der Waals surface area contributed by atoms with Gasteiger partial charge in [0.15, 0.2) is 6.39 Å². The van der Waals surface area contributed by atoms with Crippen LogP contribution < -0.4 is 9.46 Å². The van der Waals surface area contributed by atoms with Crippen molar-refractivity contribution in [3.8, 4) is 16.9 Å². The molecule has 0 bridgehead atoms. The molecular formula is C22H16F2N2O4S. The number of hydrogen-bond donors (Lipinski definition) is 1. The SMILES string of the molecule is O=S(=O)(Nc1cnco1)c1ccc(-c2ccc(F)cc2)cc1COc1cccc(F)c1. The first-order chi connectivity index (χ1) is 14.9. The average molecular weight is 442 g/mol. The number of sulfonamides is 1. The zero-order chi connectivity index (χ0) is 21.8. The Morgan fingerprint density at radius 1 is 0.935 bits per heavy atom. The van der Waals surface area contributed by atoms with Crippen LogP contribution in [0.4, 0.5) is 14.7 Å². The van der Waals surface area contributed by atoms with Crippen molar-refractivity contribution in [2.45, 2.75) is 11.5 Å². The highest BCUT2D eigenvalue weighted by Crippen LogP contribution is 2.28. The van der Waals surface area contributed by atoms with Crippen LogP contribution >= 0.6 is 0 Å². The highest BCUT2D eigenvalue weighted by atomic mass is 32.2. The standard InChI is InChI=1S/C22H16F2N2O4S/c23-18-7-4-15(5-8-18)16-6-9-21(31(27,28)26-22-12-25-14-30-22)17(10-16)13-29-20-3-1-2-19(24)11-20/h1-12,14,26H,13H2. The topological polar surface area (TPSA) is 81.4 Å². The number of ether oxygens (including phenoxy) is 1. The van der Waals surface area contributed by atoms with E-state index in [-0.39, 0.29) is 29.0 Å². The lowest BCUT2D eigenvalue weighted by Gasteiger charge is -2.14. The molecule has 31 heavy (non-hydrogen) atoms. The van der Waals surface area contributed by atoms with Gasteiger partial charge in [0.2, 0.25) is 5.88 Å². The van der Waals surface area contributed by atoms with Crippen LogP contribution in [0.25, 0.3) is 11.1 Å². The Hall–Kier alpha value is -3.72. The third-order valence-corrected chi connectivity index (χ3v) is 5.83. The van der Waals surface area contributed by atoms with E-state index >= 15 is 0 Å². The third-order valence-electron chi connectivity index (χ3n) is 4.39. The smallest absolute Gasteiger partial charge is 0.264 e. The molecule has 1 aromatic heterocycles. The molecule has 0 aliphatic carbocycles. The van der Waals surface area contributed by atoms with Gasteiger partial charge in [0, 0.05) is 11.6 Å². The van der Waals surface area contributed by atoms with E-state index in [9.17, 15) is 17.2 Å². The summed E-state index contributed by atoms with van der Waals surface area (Å²) in [6.07, 6.45) is 2.33. The van der Waals surface area contributed by atoms with Crippen molar-refractivity contribution in [3.05, 3.63) is 96.5 Å². The fourth-order valence-electron chi connectivity index (χ4n) is 2.95. The van der Waals surface area contributed by atoms with E-state index in [1.807, 2.05) is 0 Å². The van der Waals surface area contributed by atoms with Gasteiger partial charge in [-0.05, 0) is 47.5 Å². The predicted molar refractivity (Wildman–Crippen MR) is 110 cm³/mol. The number of oxazole rings is 1. The Morgan fingerprint density at radius 3 is 2.42 bits per heavy atom. The Balaban J connectivity index is 1.71. The summed E-state index contributed by atoms with van der Waals surface area (Å²) in [5.41, 5.74) is 1.68. The van der Waals surface area contributed by atoms with E-state index in [0.717, 1.165) is 6.39 Å². The first-order valence-corrected chi connectivity index (χ1v) is 10.6. The van der Waals surface area contributed by atoms with Crippen LogP contribution in [0, 0.1) is 11.6 Å². The van der Waals surface area contributed by atoms with Crippen LogP contribution in [0.1, 0.15) is 5.56 Å². The average Bonchev–Trinajstić information content (AvgIpc) is 3.25. The molecule has 1 N–H and O–H groups in total. The number of anilines is 1. The van der Waals surface area contributed by atoms with Gasteiger partial charge in [-0.15, -0.1) is 0 Å². The fraction of sp³-hybridized carbons (Fsp3) is 0.0455. The molecule has 0 unspecified atom stereocenters. The predicted octanol–water partition coefficient (Wildman–Crippen LogP) is 5.00. The van der Waals surface area contributed by atoms with Crippen molar-refractivity contribution < 1.29 is 26.4 Å². The van der Waals surface area contributed by atoms with E-state index in [0.29, 0.717) is 16.7 Å². The number of benzene rings is 3. The van der Waals surface area contributed by atoms with Crippen molar-refractivity contribution in [2.75, 3.05) is 4.72 Å². The highest BCUT2D eigenvalue weighted by molar-refractivity contribution is 7.92. The molecule has 0 atom stereocenters. The maximum atomic E-state index is 13.5. The summed E-state index contributed by atoms with van der Waals surface area (Å²) < 4.78 is 65.5. The van der Waals surface area contributed by atoms with E-state index in [1.54, 1.807) is 30.3 Å². The summed E-state index contributed by atoms with van der Waals surface area (Å²) in [5, 5.41) is 0.